The van der Waals surface area contributed by atoms with Crippen LogP contribution in [0.4, 0.5) is 5.82 Å². The average Bonchev–Trinajstić information content (AvgIpc) is 2.70. The van der Waals surface area contributed by atoms with Crippen molar-refractivity contribution >= 4 is 21.7 Å². The number of halogens is 1. The van der Waals surface area contributed by atoms with Gasteiger partial charge in [0.25, 0.3) is 0 Å². The van der Waals surface area contributed by atoms with Crippen molar-refractivity contribution in [3.05, 3.63) is 50.9 Å². The zero-order valence-electron chi connectivity index (χ0n) is 9.54. The fourth-order valence-corrected chi connectivity index (χ4v) is 1.87. The Morgan fingerprint density at radius 2 is 2.22 bits per heavy atom. The quantitative estimate of drug-likeness (QED) is 0.643. The lowest BCUT2D eigenvalue weighted by Gasteiger charge is -2.07. The lowest BCUT2D eigenvalue weighted by molar-refractivity contribution is -0.390. The Balaban J connectivity index is 2.18. The summed E-state index contributed by atoms with van der Waals surface area (Å²) < 4.78 is 7.92. The third kappa shape index (κ3) is 2.51. The number of hydrogen-bond acceptors (Lipinski definition) is 4. The second kappa shape index (κ2) is 5.18. The average molecular weight is 312 g/mol. The van der Waals surface area contributed by atoms with Gasteiger partial charge in [-0.05, 0) is 38.0 Å². The summed E-state index contributed by atoms with van der Waals surface area (Å²) in [6, 6.07) is 7.32. The van der Waals surface area contributed by atoms with Crippen LogP contribution in [-0.2, 0) is 13.7 Å². The number of aryl methyl sites for hydroxylation is 1. The third-order valence-electron chi connectivity index (χ3n) is 2.41. The van der Waals surface area contributed by atoms with E-state index in [2.05, 4.69) is 20.9 Å². The van der Waals surface area contributed by atoms with Crippen LogP contribution in [-0.4, -0.2) is 14.5 Å². The van der Waals surface area contributed by atoms with Crippen LogP contribution in [0.2, 0.25) is 0 Å². The Labute approximate surface area is 111 Å². The van der Waals surface area contributed by atoms with E-state index in [-0.39, 0.29) is 12.4 Å². The molecule has 0 aliphatic carbocycles. The monoisotopic (exact) mass is 311 g/mol. The molecule has 0 unspecified atom stereocenters. The fraction of sp³-hybridized carbons (Fsp3) is 0.182. The standard InChI is InChI=1S/C11H10BrN3O3/c1-14-7-13-11(15(16)17)9(14)6-18-10-5-3-2-4-8(10)12/h2-5,7H,6H2,1H3. The lowest BCUT2D eigenvalue weighted by Crippen LogP contribution is -2.04. The number of para-hydroxylation sites is 1. The molecular weight excluding hydrogens is 302 g/mol. The minimum Gasteiger partial charge on any atom is -0.486 e. The van der Waals surface area contributed by atoms with Crippen molar-refractivity contribution in [2.24, 2.45) is 7.05 Å². The topological polar surface area (TPSA) is 70.2 Å². The highest BCUT2D eigenvalue weighted by atomic mass is 79.9. The van der Waals surface area contributed by atoms with Gasteiger partial charge in [-0.25, -0.2) is 0 Å². The molecule has 94 valence electrons. The predicted molar refractivity (Wildman–Crippen MR) is 68.3 cm³/mol. The summed E-state index contributed by atoms with van der Waals surface area (Å²) in [5.74, 6) is 0.456. The molecule has 18 heavy (non-hydrogen) atoms. The van der Waals surface area contributed by atoms with Gasteiger partial charge in [-0.1, -0.05) is 12.1 Å². The summed E-state index contributed by atoms with van der Waals surface area (Å²) in [5, 5.41) is 10.8. The Bertz CT molecular complexity index is 583. The zero-order valence-corrected chi connectivity index (χ0v) is 11.1. The second-order valence-corrected chi connectivity index (χ2v) is 4.46. The maximum atomic E-state index is 10.8. The highest BCUT2D eigenvalue weighted by Gasteiger charge is 2.20. The molecule has 0 saturated carbocycles. The lowest BCUT2D eigenvalue weighted by atomic mass is 10.3. The van der Waals surface area contributed by atoms with Crippen LogP contribution in [0.3, 0.4) is 0 Å². The maximum Gasteiger partial charge on any atom is 0.388 e. The van der Waals surface area contributed by atoms with Gasteiger partial charge < -0.3 is 19.4 Å². The molecule has 6 nitrogen and oxygen atoms in total. The van der Waals surface area contributed by atoms with Crippen molar-refractivity contribution in [1.82, 2.24) is 9.55 Å². The number of nitrogens with zero attached hydrogens (tertiary/aromatic N) is 3. The SMILES string of the molecule is Cn1cnc([N+](=O)[O-])c1COc1ccccc1Br. The van der Waals surface area contributed by atoms with E-state index in [0.717, 1.165) is 4.47 Å². The molecule has 0 spiro atoms. The van der Waals surface area contributed by atoms with E-state index < -0.39 is 4.92 Å². The third-order valence-corrected chi connectivity index (χ3v) is 3.07. The van der Waals surface area contributed by atoms with Gasteiger partial charge >= 0.3 is 5.82 Å². The van der Waals surface area contributed by atoms with Gasteiger partial charge in [0.1, 0.15) is 12.4 Å². The van der Waals surface area contributed by atoms with Crippen molar-refractivity contribution in [1.29, 1.82) is 0 Å². The van der Waals surface area contributed by atoms with E-state index in [1.807, 2.05) is 18.2 Å². The minimum absolute atomic E-state index is 0.0927. The predicted octanol–water partition coefficient (Wildman–Crippen LogP) is 2.67. The molecule has 1 aromatic heterocycles. The molecule has 0 radical (unpaired) electrons. The normalized spacial score (nSPS) is 10.3. The number of hydrogen-bond donors (Lipinski definition) is 0. The van der Waals surface area contributed by atoms with Gasteiger partial charge in [0, 0.05) is 7.05 Å². The molecule has 0 atom stereocenters. The van der Waals surface area contributed by atoms with Crippen molar-refractivity contribution in [2.75, 3.05) is 0 Å². The number of ether oxygens (including phenoxy) is 1. The molecule has 0 saturated heterocycles. The van der Waals surface area contributed by atoms with E-state index in [0.29, 0.717) is 11.4 Å². The second-order valence-electron chi connectivity index (χ2n) is 3.60. The van der Waals surface area contributed by atoms with Gasteiger partial charge in [-0.3, -0.25) is 0 Å². The van der Waals surface area contributed by atoms with Crippen molar-refractivity contribution in [3.8, 4) is 5.75 Å². The molecule has 0 fully saturated rings. The van der Waals surface area contributed by atoms with Crippen LogP contribution >= 0.6 is 15.9 Å². The Hall–Kier alpha value is -1.89. The van der Waals surface area contributed by atoms with E-state index in [4.69, 9.17) is 4.74 Å². The number of imidazole rings is 1. The first-order valence-corrected chi connectivity index (χ1v) is 5.91. The van der Waals surface area contributed by atoms with Crippen LogP contribution in [0.15, 0.2) is 35.1 Å². The molecule has 0 aliphatic rings. The largest absolute Gasteiger partial charge is 0.486 e. The molecular formula is C11H10BrN3O3. The summed E-state index contributed by atoms with van der Waals surface area (Å²) in [6.45, 7) is 0.0927. The molecule has 1 heterocycles. The van der Waals surface area contributed by atoms with E-state index in [9.17, 15) is 10.1 Å². The highest BCUT2D eigenvalue weighted by Crippen LogP contribution is 2.25. The van der Waals surface area contributed by atoms with Crippen LogP contribution < -0.4 is 4.74 Å². The van der Waals surface area contributed by atoms with Gasteiger partial charge in [0.05, 0.1) is 4.47 Å². The number of benzene rings is 1. The number of aromatic nitrogens is 2. The Kier molecular flexibility index (Phi) is 3.61. The molecule has 0 N–H and O–H groups in total. The first-order valence-electron chi connectivity index (χ1n) is 5.11. The van der Waals surface area contributed by atoms with Gasteiger partial charge in [0.2, 0.25) is 6.33 Å². The smallest absolute Gasteiger partial charge is 0.388 e. The van der Waals surface area contributed by atoms with Crippen LogP contribution in [0, 0.1) is 10.1 Å². The minimum atomic E-state index is -0.515. The molecule has 2 rings (SSSR count). The highest BCUT2D eigenvalue weighted by molar-refractivity contribution is 9.10. The van der Waals surface area contributed by atoms with Gasteiger partial charge in [-0.15, -0.1) is 0 Å². The van der Waals surface area contributed by atoms with Gasteiger partial charge in [-0.2, -0.15) is 0 Å². The van der Waals surface area contributed by atoms with E-state index >= 15 is 0 Å². The zero-order chi connectivity index (χ0) is 13.1. The van der Waals surface area contributed by atoms with Gasteiger partial charge in [0.15, 0.2) is 5.69 Å². The number of rotatable bonds is 4. The van der Waals surface area contributed by atoms with Crippen LogP contribution in [0.25, 0.3) is 0 Å². The molecule has 7 heteroatoms. The molecule has 2 aromatic rings. The summed E-state index contributed by atoms with van der Waals surface area (Å²) in [4.78, 5) is 14.0. The molecule has 0 bridgehead atoms. The first-order chi connectivity index (χ1) is 8.59. The summed E-state index contributed by atoms with van der Waals surface area (Å²) in [6.07, 6.45) is 1.40. The summed E-state index contributed by atoms with van der Waals surface area (Å²) in [7, 11) is 1.69. The molecule has 0 amide bonds. The molecule has 0 aliphatic heterocycles. The maximum absolute atomic E-state index is 10.8. The molecule has 1 aromatic carbocycles. The Morgan fingerprint density at radius 1 is 1.50 bits per heavy atom. The number of nitro groups is 1. The van der Waals surface area contributed by atoms with Crippen molar-refractivity contribution < 1.29 is 9.66 Å². The van der Waals surface area contributed by atoms with E-state index in [1.54, 1.807) is 17.7 Å². The summed E-state index contributed by atoms with van der Waals surface area (Å²) >= 11 is 3.35. The van der Waals surface area contributed by atoms with Crippen molar-refractivity contribution in [2.45, 2.75) is 6.61 Å². The van der Waals surface area contributed by atoms with Crippen LogP contribution in [0.1, 0.15) is 5.69 Å². The van der Waals surface area contributed by atoms with Crippen LogP contribution in [0.5, 0.6) is 5.75 Å². The fourth-order valence-electron chi connectivity index (χ4n) is 1.47. The van der Waals surface area contributed by atoms with Crippen molar-refractivity contribution in [3.63, 3.8) is 0 Å². The Morgan fingerprint density at radius 3 is 2.89 bits per heavy atom. The summed E-state index contributed by atoms with van der Waals surface area (Å²) in [5.41, 5.74) is 0.427. The first kappa shape index (κ1) is 12.6. The van der Waals surface area contributed by atoms with E-state index in [1.165, 1.54) is 6.33 Å².